The van der Waals surface area contributed by atoms with E-state index in [0.29, 0.717) is 11.7 Å². The van der Waals surface area contributed by atoms with Gasteiger partial charge in [0.25, 0.3) is 0 Å². The second-order valence-electron chi connectivity index (χ2n) is 1.77. The third kappa shape index (κ3) is 5.58. The van der Waals surface area contributed by atoms with Crippen LogP contribution in [0.4, 0.5) is 0 Å². The average molecular weight is 156 g/mol. The molecule has 0 aromatic heterocycles. The van der Waals surface area contributed by atoms with Crippen LogP contribution in [0.1, 0.15) is 26.7 Å². The van der Waals surface area contributed by atoms with E-state index in [2.05, 4.69) is 18.8 Å². The summed E-state index contributed by atoms with van der Waals surface area (Å²) in [6.45, 7) is 4.59. The zero-order valence-corrected chi connectivity index (χ0v) is 7.25. The van der Waals surface area contributed by atoms with Crippen LogP contribution in [0.25, 0.3) is 0 Å². The van der Waals surface area contributed by atoms with Gasteiger partial charge in [-0.3, -0.25) is 0 Å². The van der Waals surface area contributed by atoms with Crippen LogP contribution in [0, 0.1) is 11.8 Å². The third-order valence-electron chi connectivity index (χ3n) is 0.841. The van der Waals surface area contributed by atoms with Gasteiger partial charge < -0.3 is 4.74 Å². The largest absolute Gasteiger partial charge is 0.477 e. The average Bonchev–Trinajstić information content (AvgIpc) is 1.89. The molecule has 0 aliphatic heterocycles. The molecular formula is C8H12OS. The van der Waals surface area contributed by atoms with Gasteiger partial charge in [0.15, 0.2) is 0 Å². The standard InChI is InChI=1S/C8H12OS/c1-3-5-6-7-8(10)9-4-2/h3-5H2,1-2H3. The smallest absolute Gasteiger partial charge is 0.237 e. The predicted octanol–water partition coefficient (Wildman–Crippen LogP) is 2.15. The van der Waals surface area contributed by atoms with Gasteiger partial charge in [0.2, 0.25) is 5.05 Å². The maximum Gasteiger partial charge on any atom is 0.237 e. The first-order chi connectivity index (χ1) is 4.81. The first-order valence-corrected chi connectivity index (χ1v) is 3.87. The van der Waals surface area contributed by atoms with E-state index in [-0.39, 0.29) is 0 Å². The molecule has 10 heavy (non-hydrogen) atoms. The molecule has 0 rings (SSSR count). The molecule has 56 valence electrons. The highest BCUT2D eigenvalue weighted by Gasteiger charge is 1.84. The Balaban J connectivity index is 3.48. The molecule has 0 unspecified atom stereocenters. The fourth-order valence-electron chi connectivity index (χ4n) is 0.427. The van der Waals surface area contributed by atoms with Gasteiger partial charge in [-0.2, -0.15) is 0 Å². The van der Waals surface area contributed by atoms with E-state index in [1.165, 1.54) is 0 Å². The second-order valence-corrected chi connectivity index (χ2v) is 2.14. The van der Waals surface area contributed by atoms with E-state index >= 15 is 0 Å². The van der Waals surface area contributed by atoms with Crippen molar-refractivity contribution < 1.29 is 4.74 Å². The minimum Gasteiger partial charge on any atom is -0.477 e. The Bertz CT molecular complexity index is 152. The van der Waals surface area contributed by atoms with Crippen LogP contribution < -0.4 is 0 Å². The second kappa shape index (κ2) is 6.57. The molecule has 0 aliphatic rings. The molecule has 0 heterocycles. The van der Waals surface area contributed by atoms with Crippen molar-refractivity contribution in [1.82, 2.24) is 0 Å². The van der Waals surface area contributed by atoms with Gasteiger partial charge in [0, 0.05) is 6.42 Å². The highest BCUT2D eigenvalue weighted by atomic mass is 32.1. The first kappa shape index (κ1) is 9.45. The van der Waals surface area contributed by atoms with Crippen LogP contribution in [0.15, 0.2) is 0 Å². The van der Waals surface area contributed by atoms with Gasteiger partial charge in [-0.1, -0.05) is 12.8 Å². The molecule has 0 fully saturated rings. The lowest BCUT2D eigenvalue weighted by molar-refractivity contribution is 0.341. The van der Waals surface area contributed by atoms with Crippen molar-refractivity contribution in [2.24, 2.45) is 0 Å². The number of unbranched alkanes of at least 4 members (excludes halogenated alkanes) is 1. The summed E-state index contributed by atoms with van der Waals surface area (Å²) in [7, 11) is 0. The molecule has 0 N–H and O–H groups in total. The number of thiocarbonyl (C=S) groups is 1. The Hall–Kier alpha value is -0.550. The van der Waals surface area contributed by atoms with Crippen molar-refractivity contribution in [3.63, 3.8) is 0 Å². The molecule has 0 saturated carbocycles. The van der Waals surface area contributed by atoms with Crippen molar-refractivity contribution in [3.05, 3.63) is 0 Å². The summed E-state index contributed by atoms with van der Waals surface area (Å²) in [6.07, 6.45) is 1.97. The molecule has 0 bridgehead atoms. The fraction of sp³-hybridized carbons (Fsp3) is 0.625. The molecule has 1 nitrogen and oxygen atoms in total. The van der Waals surface area contributed by atoms with Gasteiger partial charge in [-0.15, -0.1) is 0 Å². The summed E-state index contributed by atoms with van der Waals surface area (Å²) in [5.74, 6) is 5.65. The lowest BCUT2D eigenvalue weighted by Gasteiger charge is -1.93. The highest BCUT2D eigenvalue weighted by Crippen LogP contribution is 1.83. The molecular weight excluding hydrogens is 144 g/mol. The van der Waals surface area contributed by atoms with E-state index in [4.69, 9.17) is 17.0 Å². The molecule has 0 amide bonds. The van der Waals surface area contributed by atoms with Crippen LogP contribution in [0.5, 0.6) is 0 Å². The molecule has 2 heteroatoms. The van der Waals surface area contributed by atoms with Gasteiger partial charge in [-0.05, 0) is 31.5 Å². The highest BCUT2D eigenvalue weighted by molar-refractivity contribution is 7.80. The number of rotatable bonds is 2. The van der Waals surface area contributed by atoms with Crippen LogP contribution in [0.3, 0.4) is 0 Å². The molecule has 0 radical (unpaired) electrons. The van der Waals surface area contributed by atoms with Crippen molar-refractivity contribution in [2.45, 2.75) is 26.7 Å². The topological polar surface area (TPSA) is 9.23 Å². The monoisotopic (exact) mass is 156 g/mol. The van der Waals surface area contributed by atoms with Gasteiger partial charge >= 0.3 is 0 Å². The van der Waals surface area contributed by atoms with Crippen LogP contribution in [0.2, 0.25) is 0 Å². The van der Waals surface area contributed by atoms with Crippen LogP contribution in [-0.4, -0.2) is 11.7 Å². The molecule has 0 aromatic rings. The van der Waals surface area contributed by atoms with Gasteiger partial charge in [-0.25, -0.2) is 0 Å². The molecule has 0 aromatic carbocycles. The summed E-state index contributed by atoms with van der Waals surface area (Å²) in [5.41, 5.74) is 0. The lowest BCUT2D eigenvalue weighted by Crippen LogP contribution is -1.96. The maximum absolute atomic E-state index is 4.95. The van der Waals surface area contributed by atoms with E-state index < -0.39 is 0 Å². The molecule has 0 aliphatic carbocycles. The van der Waals surface area contributed by atoms with E-state index in [9.17, 15) is 0 Å². The first-order valence-electron chi connectivity index (χ1n) is 3.46. The zero-order chi connectivity index (χ0) is 7.82. The van der Waals surface area contributed by atoms with E-state index in [1.54, 1.807) is 0 Å². The predicted molar refractivity (Wildman–Crippen MR) is 46.9 cm³/mol. The van der Waals surface area contributed by atoms with Crippen molar-refractivity contribution in [1.29, 1.82) is 0 Å². The van der Waals surface area contributed by atoms with Crippen LogP contribution in [-0.2, 0) is 4.74 Å². The molecule has 0 spiro atoms. The Morgan fingerprint density at radius 2 is 2.20 bits per heavy atom. The molecule has 0 saturated heterocycles. The Labute approximate surface area is 67.8 Å². The summed E-state index contributed by atoms with van der Waals surface area (Å²) in [6, 6.07) is 0. The number of hydrogen-bond acceptors (Lipinski definition) is 2. The van der Waals surface area contributed by atoms with Gasteiger partial charge in [0.1, 0.15) is 0 Å². The summed E-state index contributed by atoms with van der Waals surface area (Å²) in [4.78, 5) is 0. The summed E-state index contributed by atoms with van der Waals surface area (Å²) in [5, 5.41) is 0.413. The minimum absolute atomic E-state index is 0.413. The van der Waals surface area contributed by atoms with Crippen LogP contribution >= 0.6 is 12.2 Å². The quantitative estimate of drug-likeness (QED) is 0.447. The van der Waals surface area contributed by atoms with Crippen molar-refractivity contribution in [2.75, 3.05) is 6.61 Å². The van der Waals surface area contributed by atoms with E-state index in [0.717, 1.165) is 12.8 Å². The normalized spacial score (nSPS) is 7.80. The zero-order valence-electron chi connectivity index (χ0n) is 6.44. The van der Waals surface area contributed by atoms with Crippen molar-refractivity contribution >= 4 is 17.3 Å². The summed E-state index contributed by atoms with van der Waals surface area (Å²) >= 11 is 4.77. The Morgan fingerprint density at radius 3 is 2.70 bits per heavy atom. The third-order valence-corrected chi connectivity index (χ3v) is 1.06. The van der Waals surface area contributed by atoms with E-state index in [1.807, 2.05) is 6.92 Å². The SMILES string of the molecule is CCCC#CC(=S)OCC. The number of ether oxygens (including phenoxy) is 1. The molecule has 0 atom stereocenters. The minimum atomic E-state index is 0.413. The summed E-state index contributed by atoms with van der Waals surface area (Å²) < 4.78 is 4.95. The lowest BCUT2D eigenvalue weighted by atomic mass is 10.3. The Morgan fingerprint density at radius 1 is 1.50 bits per heavy atom. The Kier molecular flexibility index (Phi) is 6.21. The van der Waals surface area contributed by atoms with Gasteiger partial charge in [0.05, 0.1) is 6.61 Å². The number of hydrogen-bond donors (Lipinski definition) is 0. The maximum atomic E-state index is 4.95. The fourth-order valence-corrected chi connectivity index (χ4v) is 0.617. The van der Waals surface area contributed by atoms with Crippen molar-refractivity contribution in [3.8, 4) is 11.8 Å².